The minimum atomic E-state index is -0.887. The van der Waals surface area contributed by atoms with Crippen LogP contribution in [0.4, 0.5) is 0 Å². The molecule has 0 radical (unpaired) electrons. The number of carbonyl (C=O) groups excluding carboxylic acids is 6. The summed E-state index contributed by atoms with van der Waals surface area (Å²) < 4.78 is 0. The van der Waals surface area contributed by atoms with E-state index in [4.69, 9.17) is 0 Å². The van der Waals surface area contributed by atoms with Crippen molar-refractivity contribution in [3.05, 3.63) is 0 Å². The second-order valence-electron chi connectivity index (χ2n) is 13.3. The van der Waals surface area contributed by atoms with Crippen molar-refractivity contribution in [2.75, 3.05) is 53.6 Å². The lowest BCUT2D eigenvalue weighted by Crippen LogP contribution is -2.51. The van der Waals surface area contributed by atoms with E-state index in [1.807, 2.05) is 39.8 Å². The molecule has 0 aromatic carbocycles. The standard InChI is InChI=1S/C30H52N4O6S/c1-29(2,3)23(35)13-11-15-34-26(38)20-22(28(34)40)41-18-12-14-25(37)33(10)21(19-24(36)30(4,5)6)27(39)32(9)17-16-31(7)8/h21-22H,11-20H2,1-10H3. The van der Waals surface area contributed by atoms with Crippen molar-refractivity contribution in [3.8, 4) is 0 Å². The van der Waals surface area contributed by atoms with Crippen molar-refractivity contribution in [2.24, 2.45) is 10.8 Å². The van der Waals surface area contributed by atoms with Gasteiger partial charge in [0.2, 0.25) is 23.6 Å². The lowest BCUT2D eigenvalue weighted by Gasteiger charge is -2.32. The van der Waals surface area contributed by atoms with E-state index in [1.165, 1.54) is 21.6 Å². The number of hydrogen-bond acceptors (Lipinski definition) is 8. The largest absolute Gasteiger partial charge is 0.343 e. The summed E-state index contributed by atoms with van der Waals surface area (Å²) in [6.45, 7) is 12.3. The molecule has 2 atom stereocenters. The number of likely N-dealkylation sites (N-methyl/N-ethyl adjacent to an activating group) is 3. The van der Waals surface area contributed by atoms with Gasteiger partial charge in [-0.2, -0.15) is 0 Å². The number of carbonyl (C=O) groups is 6. The maximum absolute atomic E-state index is 13.3. The number of ketones is 2. The number of nitrogens with zero attached hydrogens (tertiary/aromatic N) is 4. The first-order valence-corrected chi connectivity index (χ1v) is 15.5. The zero-order chi connectivity index (χ0) is 31.7. The molecule has 41 heavy (non-hydrogen) atoms. The SMILES string of the molecule is CN(C)CCN(C)C(=O)C(CC(=O)C(C)(C)C)N(C)C(=O)CCCSC1CC(=O)N(CCCC(=O)C(C)(C)C)C1=O. The minimum Gasteiger partial charge on any atom is -0.343 e. The summed E-state index contributed by atoms with van der Waals surface area (Å²) in [7, 11) is 7.07. The van der Waals surface area contributed by atoms with Crippen molar-refractivity contribution in [2.45, 2.75) is 91.4 Å². The van der Waals surface area contributed by atoms with Crippen LogP contribution in [-0.4, -0.2) is 120 Å². The van der Waals surface area contributed by atoms with Gasteiger partial charge < -0.3 is 14.7 Å². The third kappa shape index (κ3) is 11.9. The Bertz CT molecular complexity index is 969. The van der Waals surface area contributed by atoms with E-state index >= 15 is 0 Å². The predicted octanol–water partition coefficient (Wildman–Crippen LogP) is 2.88. The molecule has 0 aliphatic carbocycles. The Kier molecular flexibility index (Phi) is 14.2. The first-order chi connectivity index (χ1) is 18.8. The van der Waals surface area contributed by atoms with Gasteiger partial charge in [-0.05, 0) is 32.7 Å². The fraction of sp³-hybridized carbons (Fsp3) is 0.800. The Morgan fingerprint density at radius 2 is 1.46 bits per heavy atom. The maximum Gasteiger partial charge on any atom is 0.245 e. The Labute approximate surface area is 250 Å². The molecule has 1 saturated heterocycles. The second-order valence-corrected chi connectivity index (χ2v) is 14.6. The molecule has 0 aromatic rings. The van der Waals surface area contributed by atoms with Crippen molar-refractivity contribution in [3.63, 3.8) is 0 Å². The Morgan fingerprint density at radius 3 is 2.00 bits per heavy atom. The van der Waals surface area contributed by atoms with Crippen LogP contribution in [0.25, 0.3) is 0 Å². The lowest BCUT2D eigenvalue weighted by atomic mass is 9.86. The Balaban J connectivity index is 2.68. The minimum absolute atomic E-state index is 0.0541. The quantitative estimate of drug-likeness (QED) is 0.197. The lowest BCUT2D eigenvalue weighted by molar-refractivity contribution is -0.146. The average Bonchev–Trinajstić information content (AvgIpc) is 3.13. The normalized spacial score (nSPS) is 16.8. The summed E-state index contributed by atoms with van der Waals surface area (Å²) in [5.41, 5.74) is -1.08. The first kappa shape index (κ1) is 36.8. The highest BCUT2D eigenvalue weighted by Gasteiger charge is 2.39. The summed E-state index contributed by atoms with van der Waals surface area (Å²) in [5, 5.41) is -0.488. The van der Waals surface area contributed by atoms with E-state index < -0.39 is 22.1 Å². The molecule has 0 bridgehead atoms. The number of likely N-dealkylation sites (tertiary alicyclic amines) is 1. The molecule has 2 unspecified atom stereocenters. The number of rotatable bonds is 16. The summed E-state index contributed by atoms with van der Waals surface area (Å²) >= 11 is 1.36. The highest BCUT2D eigenvalue weighted by molar-refractivity contribution is 8.00. The number of imide groups is 1. The van der Waals surface area contributed by atoms with Crippen molar-refractivity contribution in [1.82, 2.24) is 19.6 Å². The highest BCUT2D eigenvalue weighted by Crippen LogP contribution is 2.27. The fourth-order valence-corrected chi connectivity index (χ4v) is 5.30. The van der Waals surface area contributed by atoms with E-state index in [0.29, 0.717) is 38.1 Å². The first-order valence-electron chi connectivity index (χ1n) is 14.4. The van der Waals surface area contributed by atoms with E-state index in [1.54, 1.807) is 39.8 Å². The average molecular weight is 597 g/mol. The van der Waals surface area contributed by atoms with Crippen LogP contribution < -0.4 is 0 Å². The molecular weight excluding hydrogens is 544 g/mol. The number of thioether (sulfide) groups is 1. The zero-order valence-electron chi connectivity index (χ0n) is 26.9. The van der Waals surface area contributed by atoms with Gasteiger partial charge in [0.1, 0.15) is 17.6 Å². The van der Waals surface area contributed by atoms with Crippen LogP contribution in [0.1, 0.15) is 80.1 Å². The third-order valence-corrected chi connectivity index (χ3v) is 8.59. The van der Waals surface area contributed by atoms with Crippen molar-refractivity contribution < 1.29 is 28.8 Å². The molecule has 0 aromatic heterocycles. The molecule has 0 saturated carbocycles. The van der Waals surface area contributed by atoms with Crippen LogP contribution in [0.3, 0.4) is 0 Å². The molecule has 0 spiro atoms. The van der Waals surface area contributed by atoms with E-state index in [0.717, 1.165) is 0 Å². The number of hydrogen-bond donors (Lipinski definition) is 0. The van der Waals surface area contributed by atoms with Gasteiger partial charge in [0.25, 0.3) is 0 Å². The van der Waals surface area contributed by atoms with Crippen molar-refractivity contribution in [1.29, 1.82) is 0 Å². The van der Waals surface area contributed by atoms with Crippen LogP contribution in [0.5, 0.6) is 0 Å². The Morgan fingerprint density at radius 1 is 0.878 bits per heavy atom. The molecule has 234 valence electrons. The molecule has 4 amide bonds. The summed E-state index contributed by atoms with van der Waals surface area (Å²) in [4.78, 5) is 82.7. The third-order valence-electron chi connectivity index (χ3n) is 7.30. The molecule has 10 nitrogen and oxygen atoms in total. The van der Waals surface area contributed by atoms with E-state index in [9.17, 15) is 28.8 Å². The van der Waals surface area contributed by atoms with Gasteiger partial charge in [-0.25, -0.2) is 0 Å². The molecule has 0 N–H and O–H groups in total. The summed E-state index contributed by atoms with van der Waals surface area (Å²) in [6, 6.07) is -0.887. The maximum atomic E-state index is 13.3. The van der Waals surface area contributed by atoms with Gasteiger partial charge in [0.15, 0.2) is 0 Å². The number of amides is 4. The van der Waals surface area contributed by atoms with Crippen molar-refractivity contribution >= 4 is 47.0 Å². The van der Waals surface area contributed by atoms with Crippen LogP contribution in [-0.2, 0) is 28.8 Å². The summed E-state index contributed by atoms with van der Waals surface area (Å²) in [6.07, 6.45) is 1.47. The highest BCUT2D eigenvalue weighted by atomic mass is 32.2. The predicted molar refractivity (Wildman–Crippen MR) is 162 cm³/mol. The van der Waals surface area contributed by atoms with Gasteiger partial charge in [0.05, 0.1) is 5.25 Å². The van der Waals surface area contributed by atoms with Crippen LogP contribution in [0.15, 0.2) is 0 Å². The molecule has 1 fully saturated rings. The van der Waals surface area contributed by atoms with Crippen LogP contribution in [0, 0.1) is 10.8 Å². The molecule has 1 heterocycles. The second kappa shape index (κ2) is 15.8. The molecule has 1 aliphatic rings. The fourth-order valence-electron chi connectivity index (χ4n) is 4.18. The van der Waals surface area contributed by atoms with Crippen LogP contribution >= 0.6 is 11.8 Å². The number of Topliss-reactive ketones (excluding diaryl/α,β-unsaturated/α-hetero) is 2. The summed E-state index contributed by atoms with van der Waals surface area (Å²) in [5.74, 6) is -0.469. The molecular formula is C30H52N4O6S. The molecule has 11 heteroatoms. The van der Waals surface area contributed by atoms with Gasteiger partial charge in [-0.15, -0.1) is 11.8 Å². The van der Waals surface area contributed by atoms with Gasteiger partial charge in [0, 0.05) is 70.2 Å². The van der Waals surface area contributed by atoms with Gasteiger partial charge in [-0.3, -0.25) is 33.7 Å². The molecule has 1 rings (SSSR count). The zero-order valence-corrected chi connectivity index (χ0v) is 27.7. The topological polar surface area (TPSA) is 115 Å². The van der Waals surface area contributed by atoms with Crippen LogP contribution in [0.2, 0.25) is 0 Å². The van der Waals surface area contributed by atoms with E-state index in [2.05, 4.69) is 0 Å². The Hall–Kier alpha value is -2.27. The van der Waals surface area contributed by atoms with E-state index in [-0.39, 0.29) is 61.0 Å². The van der Waals surface area contributed by atoms with Gasteiger partial charge in [-0.1, -0.05) is 41.5 Å². The smallest absolute Gasteiger partial charge is 0.245 e. The molecule has 1 aliphatic heterocycles. The van der Waals surface area contributed by atoms with Gasteiger partial charge >= 0.3 is 0 Å². The monoisotopic (exact) mass is 596 g/mol.